The summed E-state index contributed by atoms with van der Waals surface area (Å²) < 4.78 is 0. The van der Waals surface area contributed by atoms with Crippen molar-refractivity contribution < 1.29 is 4.79 Å². The maximum Gasteiger partial charge on any atom is 0.315 e. The van der Waals surface area contributed by atoms with Crippen LogP contribution in [-0.4, -0.2) is 17.6 Å². The second-order valence-electron chi connectivity index (χ2n) is 5.85. The summed E-state index contributed by atoms with van der Waals surface area (Å²) in [6.07, 6.45) is 8.29. The van der Waals surface area contributed by atoms with Crippen LogP contribution in [0.2, 0.25) is 0 Å². The zero-order valence-corrected chi connectivity index (χ0v) is 12.8. The van der Waals surface area contributed by atoms with Gasteiger partial charge in [-0.2, -0.15) is 0 Å². The molecule has 116 valence electrons. The normalized spacial score (nSPS) is 14.6. The van der Waals surface area contributed by atoms with Crippen LogP contribution < -0.4 is 10.6 Å². The van der Waals surface area contributed by atoms with Gasteiger partial charge in [0.25, 0.3) is 0 Å². The number of nitrogens with one attached hydrogen (secondary N) is 3. The summed E-state index contributed by atoms with van der Waals surface area (Å²) in [7, 11) is 0. The van der Waals surface area contributed by atoms with E-state index in [-0.39, 0.29) is 6.03 Å². The first-order valence-electron chi connectivity index (χ1n) is 8.07. The number of aromatic amines is 1. The number of H-pyrrole nitrogens is 1. The van der Waals surface area contributed by atoms with Crippen molar-refractivity contribution in [3.05, 3.63) is 47.7 Å². The average Bonchev–Trinajstić information content (AvgIpc) is 2.97. The molecule has 0 spiro atoms. The minimum absolute atomic E-state index is 0.102. The Kier molecular flexibility index (Phi) is 4.78. The Balaban J connectivity index is 1.41. The number of hydrogen-bond donors (Lipinski definition) is 3. The highest BCUT2D eigenvalue weighted by molar-refractivity contribution is 5.80. The van der Waals surface area contributed by atoms with Crippen molar-refractivity contribution in [3.8, 4) is 0 Å². The van der Waals surface area contributed by atoms with Gasteiger partial charge in [0, 0.05) is 17.8 Å². The fourth-order valence-electron chi connectivity index (χ4n) is 2.94. The predicted octanol–water partition coefficient (Wildman–Crippen LogP) is 3.86. The van der Waals surface area contributed by atoms with Crippen molar-refractivity contribution in [3.63, 3.8) is 0 Å². The Morgan fingerprint density at radius 1 is 1.18 bits per heavy atom. The summed E-state index contributed by atoms with van der Waals surface area (Å²) in [4.78, 5) is 15.1. The third kappa shape index (κ3) is 3.91. The van der Waals surface area contributed by atoms with Crippen molar-refractivity contribution in [1.82, 2.24) is 15.6 Å². The molecule has 2 amide bonds. The van der Waals surface area contributed by atoms with E-state index < -0.39 is 0 Å². The van der Waals surface area contributed by atoms with Crippen molar-refractivity contribution >= 4 is 16.9 Å². The lowest BCUT2D eigenvalue weighted by atomic mass is 9.97. The van der Waals surface area contributed by atoms with Crippen LogP contribution in [0.3, 0.4) is 0 Å². The highest BCUT2D eigenvalue weighted by atomic mass is 16.2. The fourth-order valence-corrected chi connectivity index (χ4v) is 2.94. The largest absolute Gasteiger partial charge is 0.357 e. The molecule has 3 rings (SSSR count). The molecule has 22 heavy (non-hydrogen) atoms. The van der Waals surface area contributed by atoms with Gasteiger partial charge >= 0.3 is 6.03 Å². The van der Waals surface area contributed by atoms with Gasteiger partial charge in [0.1, 0.15) is 0 Å². The van der Waals surface area contributed by atoms with Gasteiger partial charge in [-0.05, 0) is 49.6 Å². The van der Waals surface area contributed by atoms with Gasteiger partial charge in [0.05, 0.1) is 6.54 Å². The van der Waals surface area contributed by atoms with E-state index >= 15 is 0 Å². The monoisotopic (exact) mass is 297 g/mol. The Bertz CT molecular complexity index is 639. The van der Waals surface area contributed by atoms with E-state index in [2.05, 4.69) is 33.8 Å². The number of hydrogen-bond acceptors (Lipinski definition) is 1. The van der Waals surface area contributed by atoms with Crippen molar-refractivity contribution in [1.29, 1.82) is 0 Å². The summed E-state index contributed by atoms with van der Waals surface area (Å²) in [5.74, 6) is 0. The zero-order chi connectivity index (χ0) is 15.2. The van der Waals surface area contributed by atoms with Crippen LogP contribution in [0.1, 0.15) is 37.8 Å². The highest BCUT2D eigenvalue weighted by Crippen LogP contribution is 2.19. The molecule has 1 aromatic heterocycles. The van der Waals surface area contributed by atoms with Crippen molar-refractivity contribution in [2.75, 3.05) is 6.54 Å². The molecule has 2 aromatic rings. The van der Waals surface area contributed by atoms with E-state index in [1.54, 1.807) is 0 Å². The molecule has 1 aliphatic carbocycles. The van der Waals surface area contributed by atoms with Crippen LogP contribution in [0.5, 0.6) is 0 Å². The first-order chi connectivity index (χ1) is 10.8. The number of amides is 2. The van der Waals surface area contributed by atoms with Crippen LogP contribution in [0.25, 0.3) is 10.9 Å². The summed E-state index contributed by atoms with van der Waals surface area (Å²) >= 11 is 0. The number of benzene rings is 1. The SMILES string of the molecule is O=C(NCCC1=CCCCC1)NCc1cc2ccccc2[nH]1. The number of aromatic nitrogens is 1. The number of para-hydroxylation sites is 1. The Morgan fingerprint density at radius 2 is 2.09 bits per heavy atom. The molecular formula is C18H23N3O. The molecule has 0 saturated carbocycles. The topological polar surface area (TPSA) is 56.9 Å². The van der Waals surface area contributed by atoms with Gasteiger partial charge in [-0.3, -0.25) is 0 Å². The average molecular weight is 297 g/mol. The zero-order valence-electron chi connectivity index (χ0n) is 12.8. The summed E-state index contributed by atoms with van der Waals surface area (Å²) in [6.45, 7) is 1.23. The molecule has 0 radical (unpaired) electrons. The molecule has 4 nitrogen and oxygen atoms in total. The Labute approximate surface area is 131 Å². The van der Waals surface area contributed by atoms with Crippen LogP contribution >= 0.6 is 0 Å². The number of carbonyl (C=O) groups is 1. The number of rotatable bonds is 5. The standard InChI is InChI=1S/C18H23N3O/c22-18(19-11-10-14-6-2-1-3-7-14)20-13-16-12-15-8-4-5-9-17(15)21-16/h4-6,8-9,12,21H,1-3,7,10-11,13H2,(H2,19,20,22). The summed E-state index contributed by atoms with van der Waals surface area (Å²) in [5, 5.41) is 7.00. The van der Waals surface area contributed by atoms with Gasteiger partial charge < -0.3 is 15.6 Å². The van der Waals surface area contributed by atoms with E-state index in [1.165, 1.54) is 36.6 Å². The van der Waals surface area contributed by atoms with Crippen molar-refractivity contribution in [2.45, 2.75) is 38.6 Å². The molecular weight excluding hydrogens is 274 g/mol. The number of fused-ring (bicyclic) bond motifs is 1. The summed E-state index contributed by atoms with van der Waals surface area (Å²) in [6, 6.07) is 10.1. The van der Waals surface area contributed by atoms with Crippen LogP contribution in [0.4, 0.5) is 4.79 Å². The molecule has 1 heterocycles. The molecule has 1 aliphatic rings. The third-order valence-electron chi connectivity index (χ3n) is 4.14. The molecule has 0 fully saturated rings. The van der Waals surface area contributed by atoms with E-state index in [4.69, 9.17) is 0 Å². The summed E-state index contributed by atoms with van der Waals surface area (Å²) in [5.41, 5.74) is 3.61. The lowest BCUT2D eigenvalue weighted by molar-refractivity contribution is 0.240. The van der Waals surface area contributed by atoms with E-state index in [0.717, 1.165) is 17.6 Å². The minimum Gasteiger partial charge on any atom is -0.357 e. The molecule has 3 N–H and O–H groups in total. The Hall–Kier alpha value is -2.23. The Morgan fingerprint density at radius 3 is 2.91 bits per heavy atom. The second-order valence-corrected chi connectivity index (χ2v) is 5.85. The van der Waals surface area contributed by atoms with E-state index in [9.17, 15) is 4.79 Å². The van der Waals surface area contributed by atoms with Gasteiger partial charge in [0.2, 0.25) is 0 Å². The van der Waals surface area contributed by atoms with Crippen LogP contribution in [0.15, 0.2) is 42.0 Å². The fraction of sp³-hybridized carbons (Fsp3) is 0.389. The molecule has 0 atom stereocenters. The first kappa shape index (κ1) is 14.7. The van der Waals surface area contributed by atoms with E-state index in [1.807, 2.05) is 18.2 Å². The molecule has 0 unspecified atom stereocenters. The number of urea groups is 1. The van der Waals surface area contributed by atoms with Crippen LogP contribution in [0, 0.1) is 0 Å². The van der Waals surface area contributed by atoms with Gasteiger partial charge in [-0.25, -0.2) is 4.79 Å². The van der Waals surface area contributed by atoms with E-state index in [0.29, 0.717) is 13.1 Å². The highest BCUT2D eigenvalue weighted by Gasteiger charge is 2.05. The molecule has 0 saturated heterocycles. The quantitative estimate of drug-likeness (QED) is 0.721. The van der Waals surface area contributed by atoms with Gasteiger partial charge in [-0.1, -0.05) is 29.8 Å². The molecule has 0 aliphatic heterocycles. The maximum absolute atomic E-state index is 11.8. The number of carbonyl (C=O) groups excluding carboxylic acids is 1. The lowest BCUT2D eigenvalue weighted by Gasteiger charge is -2.13. The van der Waals surface area contributed by atoms with Gasteiger partial charge in [-0.15, -0.1) is 0 Å². The second kappa shape index (κ2) is 7.16. The molecule has 0 bridgehead atoms. The van der Waals surface area contributed by atoms with Crippen molar-refractivity contribution in [2.24, 2.45) is 0 Å². The minimum atomic E-state index is -0.102. The first-order valence-corrected chi connectivity index (χ1v) is 8.07. The smallest absolute Gasteiger partial charge is 0.315 e. The maximum atomic E-state index is 11.8. The lowest BCUT2D eigenvalue weighted by Crippen LogP contribution is -2.35. The predicted molar refractivity (Wildman–Crippen MR) is 89.7 cm³/mol. The number of allylic oxidation sites excluding steroid dienone is 1. The molecule has 4 heteroatoms. The van der Waals surface area contributed by atoms with Crippen LogP contribution in [-0.2, 0) is 6.54 Å². The third-order valence-corrected chi connectivity index (χ3v) is 4.14. The molecule has 1 aromatic carbocycles. The van der Waals surface area contributed by atoms with Gasteiger partial charge in [0.15, 0.2) is 0 Å².